The molecule has 4 heteroatoms. The molecule has 100 valence electrons. The van der Waals surface area contributed by atoms with Crippen LogP contribution >= 0.6 is 0 Å². The molecule has 0 amide bonds. The predicted molar refractivity (Wildman–Crippen MR) is 70.1 cm³/mol. The van der Waals surface area contributed by atoms with Crippen LogP contribution in [0.1, 0.15) is 31.9 Å². The quantitative estimate of drug-likeness (QED) is 0.839. The molecule has 2 N–H and O–H groups in total. The lowest BCUT2D eigenvalue weighted by Gasteiger charge is -2.21. The van der Waals surface area contributed by atoms with Crippen molar-refractivity contribution in [2.24, 2.45) is 0 Å². The molecule has 0 aliphatic carbocycles. The average molecular weight is 251 g/mol. The van der Waals surface area contributed by atoms with E-state index in [0.717, 1.165) is 23.5 Å². The zero-order valence-corrected chi connectivity index (χ0v) is 11.0. The number of rotatable bonds is 5. The van der Waals surface area contributed by atoms with Gasteiger partial charge in [0.25, 0.3) is 0 Å². The molecular weight excluding hydrogens is 230 g/mol. The van der Waals surface area contributed by atoms with E-state index >= 15 is 0 Å². The van der Waals surface area contributed by atoms with Crippen LogP contribution in [0, 0.1) is 0 Å². The Kier molecular flexibility index (Phi) is 4.44. The van der Waals surface area contributed by atoms with Gasteiger partial charge >= 0.3 is 0 Å². The standard InChI is InChI=1S/C14H21NO3/c1-3-12(16)9-15-10(2)11-4-5-13-14(8-11)18-7-6-17-13/h4-5,8,10,12,15-16H,3,6-7,9H2,1-2H3/t10?,12-/m1/s1. The molecule has 4 nitrogen and oxygen atoms in total. The van der Waals surface area contributed by atoms with Crippen molar-refractivity contribution in [3.05, 3.63) is 23.8 Å². The number of aliphatic hydroxyl groups excluding tert-OH is 1. The summed E-state index contributed by atoms with van der Waals surface area (Å²) in [5.41, 5.74) is 1.14. The van der Waals surface area contributed by atoms with Crippen molar-refractivity contribution in [2.45, 2.75) is 32.4 Å². The van der Waals surface area contributed by atoms with Crippen LogP contribution in [0.4, 0.5) is 0 Å². The van der Waals surface area contributed by atoms with E-state index in [-0.39, 0.29) is 12.1 Å². The van der Waals surface area contributed by atoms with Crippen molar-refractivity contribution in [2.75, 3.05) is 19.8 Å². The maximum Gasteiger partial charge on any atom is 0.161 e. The number of hydrogen-bond acceptors (Lipinski definition) is 4. The fourth-order valence-electron chi connectivity index (χ4n) is 1.90. The van der Waals surface area contributed by atoms with Gasteiger partial charge in [0.15, 0.2) is 11.5 Å². The van der Waals surface area contributed by atoms with Crippen LogP contribution in [0.15, 0.2) is 18.2 Å². The molecular formula is C14H21NO3. The summed E-state index contributed by atoms with van der Waals surface area (Å²) < 4.78 is 11.0. The molecule has 0 saturated carbocycles. The Morgan fingerprint density at radius 1 is 1.28 bits per heavy atom. The average Bonchev–Trinajstić information content (AvgIpc) is 2.43. The fourth-order valence-corrected chi connectivity index (χ4v) is 1.90. The summed E-state index contributed by atoms with van der Waals surface area (Å²) in [5, 5.41) is 12.8. The SMILES string of the molecule is CC[C@@H](O)CNC(C)c1ccc2c(c1)OCCO2. The van der Waals surface area contributed by atoms with Crippen molar-refractivity contribution in [3.8, 4) is 11.5 Å². The lowest BCUT2D eigenvalue weighted by Crippen LogP contribution is -2.28. The minimum atomic E-state index is -0.287. The van der Waals surface area contributed by atoms with Crippen LogP contribution < -0.4 is 14.8 Å². The molecule has 1 unspecified atom stereocenters. The normalized spacial score (nSPS) is 17.3. The van der Waals surface area contributed by atoms with Crippen molar-refractivity contribution in [1.29, 1.82) is 0 Å². The molecule has 0 aromatic heterocycles. The Labute approximate surface area is 108 Å². The van der Waals surface area contributed by atoms with Gasteiger partial charge in [0.1, 0.15) is 13.2 Å². The molecule has 2 atom stereocenters. The number of benzene rings is 1. The summed E-state index contributed by atoms with van der Waals surface area (Å²) in [6, 6.07) is 6.16. The number of nitrogens with one attached hydrogen (secondary N) is 1. The molecule has 0 bridgehead atoms. The van der Waals surface area contributed by atoms with Gasteiger partial charge in [0, 0.05) is 12.6 Å². The molecule has 0 saturated heterocycles. The second-order valence-corrected chi connectivity index (χ2v) is 4.60. The first-order valence-corrected chi connectivity index (χ1v) is 6.51. The van der Waals surface area contributed by atoms with Crippen LogP contribution in [0.25, 0.3) is 0 Å². The van der Waals surface area contributed by atoms with Crippen LogP contribution in [0.2, 0.25) is 0 Å². The second kappa shape index (κ2) is 6.07. The van der Waals surface area contributed by atoms with Gasteiger partial charge in [-0.3, -0.25) is 0 Å². The van der Waals surface area contributed by atoms with Gasteiger partial charge in [-0.15, -0.1) is 0 Å². The van der Waals surface area contributed by atoms with Crippen LogP contribution in [0.3, 0.4) is 0 Å². The highest BCUT2D eigenvalue weighted by Crippen LogP contribution is 2.32. The van der Waals surface area contributed by atoms with Crippen LogP contribution in [0.5, 0.6) is 11.5 Å². The molecule has 1 aliphatic rings. The van der Waals surface area contributed by atoms with Gasteiger partial charge in [-0.1, -0.05) is 13.0 Å². The zero-order valence-electron chi connectivity index (χ0n) is 11.0. The Morgan fingerprint density at radius 3 is 2.72 bits per heavy atom. The largest absolute Gasteiger partial charge is 0.486 e. The van der Waals surface area contributed by atoms with E-state index in [1.54, 1.807) is 0 Å². The van der Waals surface area contributed by atoms with E-state index in [0.29, 0.717) is 19.8 Å². The molecule has 0 fully saturated rings. The molecule has 0 radical (unpaired) electrons. The molecule has 1 aliphatic heterocycles. The monoisotopic (exact) mass is 251 g/mol. The number of aliphatic hydroxyl groups is 1. The Hall–Kier alpha value is -1.26. The van der Waals surface area contributed by atoms with E-state index in [9.17, 15) is 5.11 Å². The highest BCUT2D eigenvalue weighted by Gasteiger charge is 2.14. The molecule has 1 aromatic rings. The van der Waals surface area contributed by atoms with Crippen molar-refractivity contribution in [1.82, 2.24) is 5.32 Å². The summed E-state index contributed by atoms with van der Waals surface area (Å²) >= 11 is 0. The molecule has 0 spiro atoms. The maximum absolute atomic E-state index is 9.54. The minimum absolute atomic E-state index is 0.182. The lowest BCUT2D eigenvalue weighted by atomic mass is 10.1. The van der Waals surface area contributed by atoms with Gasteiger partial charge < -0.3 is 19.9 Å². The van der Waals surface area contributed by atoms with E-state index < -0.39 is 0 Å². The number of ether oxygens (including phenoxy) is 2. The Morgan fingerprint density at radius 2 is 2.00 bits per heavy atom. The van der Waals surface area contributed by atoms with Gasteiger partial charge in [-0.05, 0) is 31.0 Å². The van der Waals surface area contributed by atoms with Crippen molar-refractivity contribution < 1.29 is 14.6 Å². The summed E-state index contributed by atoms with van der Waals surface area (Å²) in [5.74, 6) is 1.62. The highest BCUT2D eigenvalue weighted by molar-refractivity contribution is 5.44. The third-order valence-corrected chi connectivity index (χ3v) is 3.20. The van der Waals surface area contributed by atoms with Crippen molar-refractivity contribution >= 4 is 0 Å². The second-order valence-electron chi connectivity index (χ2n) is 4.60. The minimum Gasteiger partial charge on any atom is -0.486 e. The maximum atomic E-state index is 9.54. The summed E-state index contributed by atoms with van der Waals surface area (Å²) in [6.07, 6.45) is 0.477. The van der Waals surface area contributed by atoms with Gasteiger partial charge in [-0.25, -0.2) is 0 Å². The van der Waals surface area contributed by atoms with Gasteiger partial charge in [0.2, 0.25) is 0 Å². The summed E-state index contributed by atoms with van der Waals surface area (Å²) in [6.45, 7) is 5.87. The molecule has 1 aromatic carbocycles. The smallest absolute Gasteiger partial charge is 0.161 e. The summed E-state index contributed by atoms with van der Waals surface area (Å²) in [4.78, 5) is 0. The highest BCUT2D eigenvalue weighted by atomic mass is 16.6. The van der Waals surface area contributed by atoms with Crippen LogP contribution in [-0.2, 0) is 0 Å². The summed E-state index contributed by atoms with van der Waals surface area (Å²) in [7, 11) is 0. The first-order chi connectivity index (χ1) is 8.70. The van der Waals surface area contributed by atoms with Crippen molar-refractivity contribution in [3.63, 3.8) is 0 Å². The third kappa shape index (κ3) is 3.15. The Balaban J connectivity index is 1.99. The topological polar surface area (TPSA) is 50.7 Å². The van der Waals surface area contributed by atoms with Gasteiger partial charge in [-0.2, -0.15) is 0 Å². The van der Waals surface area contributed by atoms with Crippen LogP contribution in [-0.4, -0.2) is 31.0 Å². The predicted octanol–water partition coefficient (Wildman–Crippen LogP) is 1.88. The van der Waals surface area contributed by atoms with E-state index in [1.807, 2.05) is 25.1 Å². The Bertz CT molecular complexity index is 395. The molecule has 1 heterocycles. The zero-order chi connectivity index (χ0) is 13.0. The molecule has 18 heavy (non-hydrogen) atoms. The first kappa shape index (κ1) is 13.2. The lowest BCUT2D eigenvalue weighted by molar-refractivity contribution is 0.163. The van der Waals surface area contributed by atoms with Gasteiger partial charge in [0.05, 0.1) is 6.10 Å². The molecule has 2 rings (SSSR count). The number of fused-ring (bicyclic) bond motifs is 1. The third-order valence-electron chi connectivity index (χ3n) is 3.20. The number of hydrogen-bond donors (Lipinski definition) is 2. The fraction of sp³-hybridized carbons (Fsp3) is 0.571. The van der Waals surface area contributed by atoms with E-state index in [4.69, 9.17) is 9.47 Å². The van der Waals surface area contributed by atoms with E-state index in [1.165, 1.54) is 0 Å². The first-order valence-electron chi connectivity index (χ1n) is 6.51. The van der Waals surface area contributed by atoms with E-state index in [2.05, 4.69) is 12.2 Å².